The summed E-state index contributed by atoms with van der Waals surface area (Å²) in [5, 5.41) is 13.9. The molecule has 0 aromatic heterocycles. The van der Waals surface area contributed by atoms with Crippen LogP contribution in [-0.4, -0.2) is 23.9 Å². The lowest BCUT2D eigenvalue weighted by atomic mass is 10.1. The summed E-state index contributed by atoms with van der Waals surface area (Å²) in [6.07, 6.45) is -1.30. The predicted octanol–water partition coefficient (Wildman–Crippen LogP) is 4.14. The summed E-state index contributed by atoms with van der Waals surface area (Å²) in [6.45, 7) is 0. The Bertz CT molecular complexity index is 1050. The van der Waals surface area contributed by atoms with Crippen LogP contribution in [0, 0.1) is 10.1 Å². The largest absolute Gasteiger partial charge is 0.497 e. The van der Waals surface area contributed by atoms with Gasteiger partial charge in [-0.05, 0) is 30.3 Å². The summed E-state index contributed by atoms with van der Waals surface area (Å²) in [4.78, 5) is 36.1. The van der Waals surface area contributed by atoms with Gasteiger partial charge < -0.3 is 14.8 Å². The van der Waals surface area contributed by atoms with Crippen molar-refractivity contribution in [3.8, 4) is 5.75 Å². The van der Waals surface area contributed by atoms with Crippen LogP contribution in [-0.2, 0) is 9.53 Å². The van der Waals surface area contributed by atoms with Crippen LogP contribution < -0.4 is 10.1 Å². The minimum Gasteiger partial charge on any atom is -0.497 e. The first-order valence-electron chi connectivity index (χ1n) is 8.94. The Morgan fingerprint density at radius 3 is 2.20 bits per heavy atom. The molecule has 3 aromatic rings. The lowest BCUT2D eigenvalue weighted by Gasteiger charge is -2.18. The summed E-state index contributed by atoms with van der Waals surface area (Å²) in [5.74, 6) is -0.949. The molecule has 0 radical (unpaired) electrons. The number of hydrogen-bond acceptors (Lipinski definition) is 6. The van der Waals surface area contributed by atoms with E-state index in [1.807, 2.05) is 0 Å². The van der Waals surface area contributed by atoms with Crippen LogP contribution in [0.15, 0.2) is 78.9 Å². The third kappa shape index (κ3) is 4.79. The number of ether oxygens (including phenoxy) is 2. The molecule has 0 fully saturated rings. The number of methoxy groups -OCH3 is 1. The van der Waals surface area contributed by atoms with Gasteiger partial charge in [0.2, 0.25) is 6.10 Å². The van der Waals surface area contributed by atoms with E-state index in [1.165, 1.54) is 31.4 Å². The van der Waals surface area contributed by atoms with Gasteiger partial charge >= 0.3 is 5.97 Å². The quantitative estimate of drug-likeness (QED) is 0.359. The van der Waals surface area contributed by atoms with Gasteiger partial charge in [-0.3, -0.25) is 14.9 Å². The number of nitrogens with one attached hydrogen (secondary N) is 1. The summed E-state index contributed by atoms with van der Waals surface area (Å²) in [6, 6.07) is 20.4. The van der Waals surface area contributed by atoms with Crippen molar-refractivity contribution in [1.82, 2.24) is 0 Å². The first-order valence-corrected chi connectivity index (χ1v) is 8.94. The monoisotopic (exact) mass is 406 g/mol. The molecule has 8 nitrogen and oxygen atoms in total. The minimum absolute atomic E-state index is 0.235. The van der Waals surface area contributed by atoms with Crippen LogP contribution in [0.4, 0.5) is 11.4 Å². The predicted molar refractivity (Wildman–Crippen MR) is 109 cm³/mol. The second-order valence-corrected chi connectivity index (χ2v) is 6.19. The smallest absolute Gasteiger partial charge is 0.346 e. The van der Waals surface area contributed by atoms with Gasteiger partial charge in [0.05, 0.1) is 12.0 Å². The zero-order valence-corrected chi connectivity index (χ0v) is 16.0. The van der Waals surface area contributed by atoms with Gasteiger partial charge in [0.25, 0.3) is 11.6 Å². The number of nitrogens with zero attached hydrogens (tertiary/aromatic N) is 1. The molecular weight excluding hydrogens is 388 g/mol. The Morgan fingerprint density at radius 2 is 1.57 bits per heavy atom. The van der Waals surface area contributed by atoms with Crippen LogP contribution in [0.25, 0.3) is 0 Å². The van der Waals surface area contributed by atoms with E-state index in [-0.39, 0.29) is 5.56 Å². The third-order valence-corrected chi connectivity index (χ3v) is 4.24. The highest BCUT2D eigenvalue weighted by molar-refractivity contribution is 5.99. The summed E-state index contributed by atoms with van der Waals surface area (Å²) < 4.78 is 10.5. The van der Waals surface area contributed by atoms with Gasteiger partial charge in [-0.1, -0.05) is 42.5 Å². The second-order valence-electron chi connectivity index (χ2n) is 6.19. The maximum atomic E-state index is 12.9. The molecule has 0 spiro atoms. The minimum atomic E-state index is -1.30. The van der Waals surface area contributed by atoms with Crippen molar-refractivity contribution in [2.75, 3.05) is 12.4 Å². The number of anilines is 1. The zero-order valence-electron chi connectivity index (χ0n) is 16.0. The molecule has 0 aliphatic heterocycles. The van der Waals surface area contributed by atoms with Crippen molar-refractivity contribution >= 4 is 23.3 Å². The van der Waals surface area contributed by atoms with E-state index in [0.29, 0.717) is 17.0 Å². The van der Waals surface area contributed by atoms with Crippen LogP contribution in [0.3, 0.4) is 0 Å². The van der Waals surface area contributed by atoms with Crippen molar-refractivity contribution < 1.29 is 24.0 Å². The number of esters is 1. The maximum Gasteiger partial charge on any atom is 0.346 e. The van der Waals surface area contributed by atoms with Gasteiger partial charge in [-0.15, -0.1) is 0 Å². The Labute approximate surface area is 172 Å². The first-order chi connectivity index (χ1) is 14.5. The van der Waals surface area contributed by atoms with Crippen LogP contribution in [0.1, 0.15) is 22.0 Å². The molecule has 0 heterocycles. The molecule has 3 aromatic carbocycles. The average molecular weight is 406 g/mol. The molecular formula is C22H18N2O6. The van der Waals surface area contributed by atoms with Crippen LogP contribution in [0.5, 0.6) is 5.75 Å². The molecule has 30 heavy (non-hydrogen) atoms. The Kier molecular flexibility index (Phi) is 6.39. The third-order valence-electron chi connectivity index (χ3n) is 4.24. The van der Waals surface area contributed by atoms with Crippen molar-refractivity contribution in [2.24, 2.45) is 0 Å². The zero-order chi connectivity index (χ0) is 21.5. The molecule has 0 saturated heterocycles. The Hall–Kier alpha value is -4.20. The number of amides is 1. The lowest BCUT2D eigenvalue weighted by molar-refractivity contribution is -0.385. The molecule has 1 atom stereocenters. The molecule has 1 unspecified atom stereocenters. The number of nitro benzene ring substituents is 1. The average Bonchev–Trinajstić information content (AvgIpc) is 2.78. The highest BCUT2D eigenvalue weighted by atomic mass is 16.6. The topological polar surface area (TPSA) is 108 Å². The van der Waals surface area contributed by atoms with Crippen molar-refractivity contribution in [3.63, 3.8) is 0 Å². The number of benzene rings is 3. The number of carbonyl (C=O) groups is 2. The van der Waals surface area contributed by atoms with E-state index >= 15 is 0 Å². The van der Waals surface area contributed by atoms with Gasteiger partial charge in [0.15, 0.2) is 0 Å². The van der Waals surface area contributed by atoms with E-state index in [4.69, 9.17) is 9.47 Å². The van der Waals surface area contributed by atoms with Gasteiger partial charge in [-0.2, -0.15) is 0 Å². The molecule has 0 aliphatic carbocycles. The van der Waals surface area contributed by atoms with E-state index in [2.05, 4.69) is 5.32 Å². The molecule has 152 valence electrons. The number of hydrogen-bond donors (Lipinski definition) is 1. The molecule has 3 rings (SSSR count). The van der Waals surface area contributed by atoms with E-state index in [1.54, 1.807) is 54.6 Å². The normalized spacial score (nSPS) is 11.2. The van der Waals surface area contributed by atoms with E-state index in [0.717, 1.165) is 0 Å². The van der Waals surface area contributed by atoms with E-state index in [9.17, 15) is 19.7 Å². The number of nitro groups is 1. The SMILES string of the molecule is COc1ccc(NC(=O)C(OC(=O)c2ccccc2[N+](=O)[O-])c2ccccc2)cc1. The summed E-state index contributed by atoms with van der Waals surface area (Å²) in [7, 11) is 1.53. The molecule has 8 heteroatoms. The fourth-order valence-electron chi connectivity index (χ4n) is 2.76. The van der Waals surface area contributed by atoms with E-state index < -0.39 is 28.6 Å². The Morgan fingerprint density at radius 1 is 0.933 bits per heavy atom. The lowest BCUT2D eigenvalue weighted by Crippen LogP contribution is -2.26. The van der Waals surface area contributed by atoms with Crippen LogP contribution in [0.2, 0.25) is 0 Å². The Balaban J connectivity index is 1.87. The molecule has 0 aliphatic rings. The molecule has 1 N–H and O–H groups in total. The highest BCUT2D eigenvalue weighted by Crippen LogP contribution is 2.25. The highest BCUT2D eigenvalue weighted by Gasteiger charge is 2.29. The van der Waals surface area contributed by atoms with Crippen molar-refractivity contribution in [3.05, 3.63) is 100 Å². The standard InChI is InChI=1S/C22H18N2O6/c1-29-17-13-11-16(12-14-17)23-21(25)20(15-7-3-2-4-8-15)30-22(26)18-9-5-6-10-19(18)24(27)28/h2-14,20H,1H3,(H,23,25). The maximum absolute atomic E-state index is 12.9. The van der Waals surface area contributed by atoms with Crippen molar-refractivity contribution in [1.29, 1.82) is 0 Å². The second kappa shape index (κ2) is 9.33. The number of rotatable bonds is 7. The molecule has 0 saturated carbocycles. The van der Waals surface area contributed by atoms with Gasteiger partial charge in [0.1, 0.15) is 11.3 Å². The molecule has 1 amide bonds. The fourth-order valence-corrected chi connectivity index (χ4v) is 2.76. The first kappa shape index (κ1) is 20.5. The molecule has 0 bridgehead atoms. The fraction of sp³-hybridized carbons (Fsp3) is 0.0909. The van der Waals surface area contributed by atoms with Crippen molar-refractivity contribution in [2.45, 2.75) is 6.10 Å². The number of para-hydroxylation sites is 1. The van der Waals surface area contributed by atoms with Crippen LogP contribution >= 0.6 is 0 Å². The summed E-state index contributed by atoms with van der Waals surface area (Å²) in [5.41, 5.74) is 0.268. The van der Waals surface area contributed by atoms with Gasteiger partial charge in [0, 0.05) is 17.3 Å². The number of carbonyl (C=O) groups excluding carboxylic acids is 2. The van der Waals surface area contributed by atoms with Gasteiger partial charge in [-0.25, -0.2) is 4.79 Å². The summed E-state index contributed by atoms with van der Waals surface area (Å²) >= 11 is 0.